The number of benzene rings is 1. The summed E-state index contributed by atoms with van der Waals surface area (Å²) in [6, 6.07) is 4.81. The van der Waals surface area contributed by atoms with E-state index in [-0.39, 0.29) is 34.2 Å². The van der Waals surface area contributed by atoms with Crippen LogP contribution in [0, 0.1) is 0 Å². The molecule has 1 N–H and O–H groups in total. The van der Waals surface area contributed by atoms with Crippen LogP contribution in [-0.2, 0) is 0 Å². The van der Waals surface area contributed by atoms with Crippen molar-refractivity contribution in [2.24, 2.45) is 0 Å². The summed E-state index contributed by atoms with van der Waals surface area (Å²) in [7, 11) is 0. The van der Waals surface area contributed by atoms with Crippen LogP contribution < -0.4 is 10.2 Å². The third-order valence-electron chi connectivity index (χ3n) is 1.33. The van der Waals surface area contributed by atoms with Gasteiger partial charge in [-0.05, 0) is 30.1 Å². The molecule has 0 bridgehead atoms. The Bertz CT molecular complexity index is 312. The Kier molecular flexibility index (Phi) is 9.48. The van der Waals surface area contributed by atoms with Crippen molar-refractivity contribution in [1.82, 2.24) is 0 Å². The zero-order valence-corrected chi connectivity index (χ0v) is 9.85. The number of hydrogen-bond donors (Lipinski definition) is 2. The minimum Gasteiger partial charge on any atom is -0.545 e. The fourth-order valence-electron chi connectivity index (χ4n) is 0.773. The van der Waals surface area contributed by atoms with Crippen LogP contribution in [0.25, 0.3) is 0 Å². The molecule has 5 nitrogen and oxygen atoms in total. The summed E-state index contributed by atoms with van der Waals surface area (Å²) >= 11 is 2.53. The first-order chi connectivity index (χ1) is 6.61. The fraction of sp³-hybridized carbons (Fsp3) is 0. The second-order valence-electron chi connectivity index (χ2n) is 2.16. The van der Waals surface area contributed by atoms with Crippen molar-refractivity contribution < 1.29 is 24.4 Å². The van der Waals surface area contributed by atoms with Crippen molar-refractivity contribution in [1.29, 1.82) is 0 Å². The van der Waals surface area contributed by atoms with Crippen molar-refractivity contribution in [2.45, 2.75) is 0 Å². The van der Waals surface area contributed by atoms with Gasteiger partial charge in [0.15, 0.2) is 0 Å². The number of carbonyl (C=O) groups excluding carboxylic acids is 2. The summed E-state index contributed by atoms with van der Waals surface area (Å²) in [5, 5.41) is 20.5. The first-order valence-electron chi connectivity index (χ1n) is 3.34. The molecule has 76 valence electrons. The molecule has 0 saturated heterocycles. The van der Waals surface area contributed by atoms with Gasteiger partial charge in [-0.25, -0.2) is 0 Å². The summed E-state index contributed by atoms with van der Waals surface area (Å²) in [4.78, 5) is 20.5. The summed E-state index contributed by atoms with van der Waals surface area (Å²) in [6.07, 6.45) is 0. The molecule has 0 heterocycles. The van der Waals surface area contributed by atoms with Gasteiger partial charge >= 0.3 is 23.1 Å². The molecule has 7 heteroatoms. The number of carbonyl (C=O) groups is 2. The first-order valence-corrected chi connectivity index (χ1v) is 3.74. The summed E-state index contributed by atoms with van der Waals surface area (Å²) < 4.78 is 6.69. The molecule has 1 aromatic rings. The molecule has 0 unspecified atom stereocenters. The van der Waals surface area contributed by atoms with Crippen LogP contribution >= 0.6 is 12.9 Å². The standard InChI is InChI=1S/C8H6O4.Mg.H2OS/c9-7(10)5-2-1-3-6(4-5)8(11)12;;1-2/h1-4H,(H,9,10)(H,11,12);;1-2H/q;+2;/p-2. The van der Waals surface area contributed by atoms with E-state index in [0.29, 0.717) is 0 Å². The van der Waals surface area contributed by atoms with E-state index in [0.717, 1.165) is 6.07 Å². The number of carboxylic acid groups (broad SMARTS) is 2. The Morgan fingerprint density at radius 3 is 1.67 bits per heavy atom. The second kappa shape index (κ2) is 8.54. The molecule has 0 fully saturated rings. The minimum absolute atomic E-state index is 0. The van der Waals surface area contributed by atoms with E-state index >= 15 is 0 Å². The number of rotatable bonds is 2. The maximum absolute atomic E-state index is 10.3. The number of aromatic carboxylic acids is 2. The predicted molar refractivity (Wildman–Crippen MR) is 52.5 cm³/mol. The van der Waals surface area contributed by atoms with Crippen molar-refractivity contribution in [3.05, 3.63) is 35.4 Å². The largest absolute Gasteiger partial charge is 2.00 e. The first kappa shape index (κ1) is 16.7. The molecular weight excluding hydrogens is 232 g/mol. The van der Waals surface area contributed by atoms with Crippen LogP contribution in [0.4, 0.5) is 0 Å². The van der Waals surface area contributed by atoms with Gasteiger partial charge in [-0.2, -0.15) is 0 Å². The van der Waals surface area contributed by atoms with Crippen molar-refractivity contribution in [3.8, 4) is 0 Å². The smallest absolute Gasteiger partial charge is 0.545 e. The normalized spacial score (nSPS) is 7.87. The molecule has 0 aliphatic heterocycles. The van der Waals surface area contributed by atoms with Crippen LogP contribution in [0.2, 0.25) is 0 Å². The molecule has 0 aromatic heterocycles. The van der Waals surface area contributed by atoms with E-state index in [4.69, 9.17) is 4.55 Å². The molecular formula is C8H6MgO5S. The van der Waals surface area contributed by atoms with Crippen molar-refractivity contribution in [3.63, 3.8) is 0 Å². The van der Waals surface area contributed by atoms with Gasteiger partial charge in [-0.3, -0.25) is 0 Å². The molecule has 0 amide bonds. The summed E-state index contributed by atoms with van der Waals surface area (Å²) in [5.74, 6) is -2.81. The van der Waals surface area contributed by atoms with E-state index < -0.39 is 11.9 Å². The van der Waals surface area contributed by atoms with E-state index in [1.54, 1.807) is 0 Å². The zero-order valence-electron chi connectivity index (χ0n) is 7.54. The number of thiol groups is 1. The topological polar surface area (TPSA) is 100 Å². The SMILES string of the molecule is O=C([O-])c1cccc(C(=O)[O-])c1.OS.[Mg+2]. The quantitative estimate of drug-likeness (QED) is 0.368. The number of hydrogen-bond acceptors (Lipinski definition) is 6. The van der Waals surface area contributed by atoms with Crippen LogP contribution in [0.15, 0.2) is 24.3 Å². The maximum Gasteiger partial charge on any atom is 2.00 e. The van der Waals surface area contributed by atoms with Gasteiger partial charge < -0.3 is 24.4 Å². The van der Waals surface area contributed by atoms with E-state index in [1.165, 1.54) is 18.2 Å². The van der Waals surface area contributed by atoms with Gasteiger partial charge in [-0.1, -0.05) is 18.2 Å². The average molecular weight is 239 g/mol. The molecule has 0 atom stereocenters. The molecule has 0 radical (unpaired) electrons. The van der Waals surface area contributed by atoms with Gasteiger partial charge in [0, 0.05) is 0 Å². The van der Waals surface area contributed by atoms with Crippen LogP contribution in [0.5, 0.6) is 0 Å². The zero-order chi connectivity index (χ0) is 11.1. The molecule has 0 aliphatic carbocycles. The molecule has 15 heavy (non-hydrogen) atoms. The molecule has 1 rings (SSSR count). The molecule has 0 saturated carbocycles. The molecule has 0 aliphatic rings. The maximum atomic E-state index is 10.3. The fourth-order valence-corrected chi connectivity index (χ4v) is 0.773. The average Bonchev–Trinajstić information content (AvgIpc) is 2.21. The van der Waals surface area contributed by atoms with Gasteiger partial charge in [0.2, 0.25) is 0 Å². The van der Waals surface area contributed by atoms with Crippen molar-refractivity contribution >= 4 is 47.9 Å². The van der Waals surface area contributed by atoms with Crippen LogP contribution in [0.3, 0.4) is 0 Å². The predicted octanol–water partition coefficient (Wildman–Crippen LogP) is -1.58. The minimum atomic E-state index is -1.40. The van der Waals surface area contributed by atoms with E-state index in [2.05, 4.69) is 12.9 Å². The Morgan fingerprint density at radius 2 is 1.40 bits per heavy atom. The Hall–Kier alpha value is -0.764. The second-order valence-corrected chi connectivity index (χ2v) is 2.16. The third-order valence-corrected chi connectivity index (χ3v) is 1.33. The van der Waals surface area contributed by atoms with Gasteiger partial charge in [0.05, 0.1) is 11.9 Å². The summed E-state index contributed by atoms with van der Waals surface area (Å²) in [6.45, 7) is 0. The van der Waals surface area contributed by atoms with Gasteiger partial charge in [0.1, 0.15) is 0 Å². The Morgan fingerprint density at radius 1 is 1.07 bits per heavy atom. The van der Waals surface area contributed by atoms with E-state index in [1.807, 2.05) is 0 Å². The molecule has 0 spiro atoms. The van der Waals surface area contributed by atoms with Crippen LogP contribution in [0.1, 0.15) is 20.7 Å². The monoisotopic (exact) mass is 238 g/mol. The van der Waals surface area contributed by atoms with Gasteiger partial charge in [-0.15, -0.1) is 0 Å². The van der Waals surface area contributed by atoms with Gasteiger partial charge in [0.25, 0.3) is 0 Å². The Labute approximate surface area is 108 Å². The van der Waals surface area contributed by atoms with E-state index in [9.17, 15) is 19.8 Å². The Balaban J connectivity index is 0. The van der Waals surface area contributed by atoms with Crippen molar-refractivity contribution in [2.75, 3.05) is 0 Å². The summed E-state index contributed by atoms with van der Waals surface area (Å²) in [5.41, 5.74) is -0.339. The third kappa shape index (κ3) is 5.62. The number of carboxylic acids is 2. The molecule has 1 aromatic carbocycles. The van der Waals surface area contributed by atoms with Crippen LogP contribution in [-0.4, -0.2) is 39.5 Å².